The zero-order valence-corrected chi connectivity index (χ0v) is 40.0. The summed E-state index contributed by atoms with van der Waals surface area (Å²) in [6.45, 7) is 4.72. The van der Waals surface area contributed by atoms with Gasteiger partial charge >= 0.3 is 0 Å². The van der Waals surface area contributed by atoms with Gasteiger partial charge in [0.25, 0.3) is 0 Å². The number of benzene rings is 11. The van der Waals surface area contributed by atoms with E-state index in [0.717, 1.165) is 50.8 Å². The van der Waals surface area contributed by atoms with Crippen molar-refractivity contribution in [2.24, 2.45) is 0 Å². The molecule has 0 fully saturated rings. The standard InChI is InChI=1S/C70H47NO/c1-69(2)61-26-12-7-23-55(61)57-38-36-48(43-66(57)69)71(47-37-40-68-60(42-47)52-20-6-5-19-51(52)58-25-11-16-30-67(58)72-68)46-34-31-44(32-35-46)45-33-39-65-59(41-45)56-24-10-15-29-64(56)70(65)62-27-13-8-21-53(62)49-17-3-4-18-50(49)54-22-9-14-28-63(54)70/h3-43H,1-2H3. The fourth-order valence-corrected chi connectivity index (χ4v) is 13.1. The molecule has 0 saturated heterocycles. The number of fused-ring (bicyclic) bond motifs is 20. The monoisotopic (exact) mass is 917 g/mol. The summed E-state index contributed by atoms with van der Waals surface area (Å²) in [4.78, 5) is 2.42. The Morgan fingerprint density at radius 2 is 0.667 bits per heavy atom. The summed E-state index contributed by atoms with van der Waals surface area (Å²) < 4.78 is 6.75. The van der Waals surface area contributed by atoms with Gasteiger partial charge in [0.15, 0.2) is 0 Å². The van der Waals surface area contributed by atoms with Gasteiger partial charge in [-0.1, -0.05) is 208 Å². The molecule has 0 saturated carbocycles. The lowest BCUT2D eigenvalue weighted by Gasteiger charge is -2.35. The maximum atomic E-state index is 6.75. The highest BCUT2D eigenvalue weighted by molar-refractivity contribution is 5.99. The summed E-state index contributed by atoms with van der Waals surface area (Å²) in [5.41, 5.74) is 27.7. The third-order valence-electron chi connectivity index (χ3n) is 16.3. The molecule has 4 aliphatic rings. The van der Waals surface area contributed by atoms with E-state index < -0.39 is 5.41 Å². The van der Waals surface area contributed by atoms with Crippen LogP contribution in [0.5, 0.6) is 11.5 Å². The zero-order chi connectivity index (χ0) is 47.7. The van der Waals surface area contributed by atoms with Crippen molar-refractivity contribution in [1.82, 2.24) is 0 Å². The molecule has 0 bridgehead atoms. The van der Waals surface area contributed by atoms with E-state index in [-0.39, 0.29) is 5.41 Å². The van der Waals surface area contributed by atoms with Gasteiger partial charge in [0.2, 0.25) is 0 Å². The van der Waals surface area contributed by atoms with Crippen LogP contribution in [0.1, 0.15) is 47.2 Å². The first-order valence-electron chi connectivity index (χ1n) is 25.2. The van der Waals surface area contributed by atoms with Crippen molar-refractivity contribution in [1.29, 1.82) is 0 Å². The summed E-state index contributed by atoms with van der Waals surface area (Å²) in [6, 6.07) is 92.4. The fraction of sp³-hybridized carbons (Fsp3) is 0.0571. The smallest absolute Gasteiger partial charge is 0.135 e. The average molecular weight is 918 g/mol. The predicted octanol–water partition coefficient (Wildman–Crippen LogP) is 18.6. The van der Waals surface area contributed by atoms with Crippen molar-refractivity contribution in [3.05, 3.63) is 282 Å². The molecule has 11 aromatic carbocycles. The van der Waals surface area contributed by atoms with Crippen molar-refractivity contribution >= 4 is 17.1 Å². The molecule has 0 aromatic heterocycles. The van der Waals surface area contributed by atoms with E-state index in [1.165, 1.54) is 89.0 Å². The maximum absolute atomic E-state index is 6.75. The fourth-order valence-electron chi connectivity index (χ4n) is 13.1. The van der Waals surface area contributed by atoms with Crippen molar-refractivity contribution in [2.75, 3.05) is 4.90 Å². The highest BCUT2D eigenvalue weighted by Gasteiger charge is 2.49. The largest absolute Gasteiger partial charge is 0.456 e. The van der Waals surface area contributed by atoms with E-state index in [1.54, 1.807) is 0 Å². The molecule has 0 unspecified atom stereocenters. The van der Waals surface area contributed by atoms with E-state index in [9.17, 15) is 0 Å². The molecule has 11 aromatic rings. The third kappa shape index (κ3) is 5.66. The Morgan fingerprint density at radius 1 is 0.264 bits per heavy atom. The van der Waals surface area contributed by atoms with E-state index in [0.29, 0.717) is 0 Å². The first-order valence-corrected chi connectivity index (χ1v) is 25.2. The molecule has 72 heavy (non-hydrogen) atoms. The number of nitrogens with zero attached hydrogens (tertiary/aromatic N) is 1. The number of hydrogen-bond acceptors (Lipinski definition) is 2. The molecular formula is C70H47NO. The third-order valence-corrected chi connectivity index (χ3v) is 16.3. The molecule has 3 aliphatic carbocycles. The van der Waals surface area contributed by atoms with Gasteiger partial charge in [-0.05, 0) is 155 Å². The highest BCUT2D eigenvalue weighted by Crippen LogP contribution is 2.62. The molecule has 1 heterocycles. The van der Waals surface area contributed by atoms with Crippen LogP contribution >= 0.6 is 0 Å². The van der Waals surface area contributed by atoms with Crippen LogP contribution in [0, 0.1) is 0 Å². The number of hydrogen-bond donors (Lipinski definition) is 0. The van der Waals surface area contributed by atoms with E-state index >= 15 is 0 Å². The number of anilines is 3. The first kappa shape index (κ1) is 40.9. The Kier molecular flexibility index (Phi) is 8.66. The van der Waals surface area contributed by atoms with Crippen molar-refractivity contribution in [3.8, 4) is 89.4 Å². The summed E-state index contributed by atoms with van der Waals surface area (Å²) >= 11 is 0. The average Bonchev–Trinajstić information content (AvgIpc) is 3.75. The van der Waals surface area contributed by atoms with E-state index in [1.807, 2.05) is 6.07 Å². The molecule has 0 N–H and O–H groups in total. The van der Waals surface area contributed by atoms with Crippen LogP contribution in [0.4, 0.5) is 17.1 Å². The van der Waals surface area contributed by atoms with E-state index in [4.69, 9.17) is 4.74 Å². The summed E-state index contributed by atoms with van der Waals surface area (Å²) in [6.07, 6.45) is 0. The molecule has 15 rings (SSSR count). The minimum atomic E-state index is -0.505. The Labute approximate surface area is 420 Å². The quantitative estimate of drug-likeness (QED) is 0.174. The lowest BCUT2D eigenvalue weighted by molar-refractivity contribution is 0.488. The predicted molar refractivity (Wildman–Crippen MR) is 297 cm³/mol. The topological polar surface area (TPSA) is 12.5 Å². The van der Waals surface area contributed by atoms with Crippen LogP contribution in [-0.2, 0) is 10.8 Å². The molecule has 2 heteroatoms. The van der Waals surface area contributed by atoms with Gasteiger partial charge in [-0.15, -0.1) is 0 Å². The Bertz CT molecular complexity index is 4000. The van der Waals surface area contributed by atoms with Gasteiger partial charge in [-0.25, -0.2) is 0 Å². The van der Waals surface area contributed by atoms with Crippen LogP contribution in [-0.4, -0.2) is 0 Å². The summed E-state index contributed by atoms with van der Waals surface area (Å²) in [5.74, 6) is 1.71. The lowest BCUT2D eigenvalue weighted by atomic mass is 9.66. The molecule has 1 aliphatic heterocycles. The van der Waals surface area contributed by atoms with Crippen LogP contribution < -0.4 is 9.64 Å². The van der Waals surface area contributed by atoms with Crippen LogP contribution in [0.3, 0.4) is 0 Å². The molecule has 0 radical (unpaired) electrons. The molecule has 1 spiro atoms. The first-order chi connectivity index (χ1) is 35.5. The van der Waals surface area contributed by atoms with Crippen LogP contribution in [0.15, 0.2) is 249 Å². The minimum absolute atomic E-state index is 0.153. The van der Waals surface area contributed by atoms with Gasteiger partial charge in [0.05, 0.1) is 5.41 Å². The SMILES string of the molecule is CC1(C)c2ccccc2-c2ccc(N(c3ccc(-c4ccc5c(c4)-c4ccccc4C54c5ccccc5-c5ccccc5-c5ccccc54)cc3)c3ccc4c(c3)-c3ccccc3-c3ccccc3O4)cc21. The second kappa shape index (κ2) is 15.3. The molecule has 0 atom stereocenters. The summed E-state index contributed by atoms with van der Waals surface area (Å²) in [5, 5.41) is 0. The van der Waals surface area contributed by atoms with Crippen LogP contribution in [0.25, 0.3) is 77.9 Å². The lowest BCUT2D eigenvalue weighted by Crippen LogP contribution is -2.29. The van der Waals surface area contributed by atoms with E-state index in [2.05, 4.69) is 261 Å². The second-order valence-electron chi connectivity index (χ2n) is 20.3. The van der Waals surface area contributed by atoms with Gasteiger partial charge in [-0.2, -0.15) is 0 Å². The van der Waals surface area contributed by atoms with Crippen molar-refractivity contribution < 1.29 is 4.74 Å². The minimum Gasteiger partial charge on any atom is -0.456 e. The maximum Gasteiger partial charge on any atom is 0.135 e. The Hall–Kier alpha value is -8.98. The van der Waals surface area contributed by atoms with Crippen molar-refractivity contribution in [3.63, 3.8) is 0 Å². The van der Waals surface area contributed by atoms with Gasteiger partial charge in [0.1, 0.15) is 11.5 Å². The molecule has 338 valence electrons. The van der Waals surface area contributed by atoms with Crippen LogP contribution in [0.2, 0.25) is 0 Å². The Balaban J connectivity index is 0.883. The zero-order valence-electron chi connectivity index (χ0n) is 40.0. The second-order valence-corrected chi connectivity index (χ2v) is 20.3. The number of ether oxygens (including phenoxy) is 1. The Morgan fingerprint density at radius 3 is 1.29 bits per heavy atom. The van der Waals surface area contributed by atoms with Gasteiger partial charge in [0, 0.05) is 33.6 Å². The van der Waals surface area contributed by atoms with Gasteiger partial charge in [-0.3, -0.25) is 0 Å². The number of para-hydroxylation sites is 1. The molecule has 2 nitrogen and oxygen atoms in total. The molecule has 0 amide bonds. The van der Waals surface area contributed by atoms with Gasteiger partial charge < -0.3 is 9.64 Å². The van der Waals surface area contributed by atoms with Crippen molar-refractivity contribution in [2.45, 2.75) is 24.7 Å². The highest BCUT2D eigenvalue weighted by atomic mass is 16.5. The molecular weight excluding hydrogens is 871 g/mol. The summed E-state index contributed by atoms with van der Waals surface area (Å²) in [7, 11) is 0. The number of rotatable bonds is 4. The normalized spacial score (nSPS) is 14.0.